The van der Waals surface area contributed by atoms with Gasteiger partial charge in [-0.25, -0.2) is 4.79 Å². The van der Waals surface area contributed by atoms with E-state index < -0.39 is 5.97 Å². The largest absolute Gasteiger partial charge is 0.507 e. The van der Waals surface area contributed by atoms with E-state index in [-0.39, 0.29) is 17.4 Å². The van der Waals surface area contributed by atoms with E-state index >= 15 is 0 Å². The number of ether oxygens (including phenoxy) is 1. The van der Waals surface area contributed by atoms with E-state index in [9.17, 15) is 9.90 Å². The molecule has 0 amide bonds. The van der Waals surface area contributed by atoms with Gasteiger partial charge >= 0.3 is 5.97 Å². The number of aryl methyl sites for hydroxylation is 1. The molecule has 0 bridgehead atoms. The highest BCUT2D eigenvalue weighted by Gasteiger charge is 2.14. The number of para-hydroxylation sites is 1. The zero-order chi connectivity index (χ0) is 10.7. The highest BCUT2D eigenvalue weighted by atomic mass is 16.5. The molecule has 0 aliphatic rings. The summed E-state index contributed by atoms with van der Waals surface area (Å²) in [6.45, 7) is 5.27. The quantitative estimate of drug-likeness (QED) is 0.734. The van der Waals surface area contributed by atoms with Crippen LogP contribution in [0.2, 0.25) is 0 Å². The summed E-state index contributed by atoms with van der Waals surface area (Å²) in [6, 6.07) is 5.00. The van der Waals surface area contributed by atoms with Crippen LogP contribution in [0.4, 0.5) is 0 Å². The zero-order valence-corrected chi connectivity index (χ0v) is 8.57. The molecule has 0 saturated heterocycles. The Morgan fingerprint density at radius 1 is 1.43 bits per heavy atom. The lowest BCUT2D eigenvalue weighted by Gasteiger charge is -2.09. The molecule has 0 aliphatic carbocycles. The fourth-order valence-electron chi connectivity index (χ4n) is 1.10. The number of phenolic OH excluding ortho intramolecular Hbond substituents is 1. The second-order valence-corrected chi connectivity index (χ2v) is 3.43. The van der Waals surface area contributed by atoms with Crippen LogP contribution in [0.5, 0.6) is 5.75 Å². The molecule has 3 nitrogen and oxygen atoms in total. The summed E-state index contributed by atoms with van der Waals surface area (Å²) in [4.78, 5) is 11.4. The molecule has 0 atom stereocenters. The summed E-state index contributed by atoms with van der Waals surface area (Å²) in [6.07, 6.45) is -0.178. The number of phenols is 1. The summed E-state index contributed by atoms with van der Waals surface area (Å²) in [7, 11) is 0. The van der Waals surface area contributed by atoms with Gasteiger partial charge < -0.3 is 9.84 Å². The van der Waals surface area contributed by atoms with Crippen molar-refractivity contribution in [3.8, 4) is 5.75 Å². The third-order valence-corrected chi connectivity index (χ3v) is 1.80. The monoisotopic (exact) mass is 194 g/mol. The van der Waals surface area contributed by atoms with Crippen molar-refractivity contribution in [1.82, 2.24) is 0 Å². The van der Waals surface area contributed by atoms with E-state index in [1.165, 1.54) is 0 Å². The number of hydrogen-bond acceptors (Lipinski definition) is 3. The fraction of sp³-hybridized carbons (Fsp3) is 0.364. The third-order valence-electron chi connectivity index (χ3n) is 1.80. The minimum atomic E-state index is -0.485. The molecule has 0 fully saturated rings. The minimum Gasteiger partial charge on any atom is -0.507 e. The fourth-order valence-corrected chi connectivity index (χ4v) is 1.10. The topological polar surface area (TPSA) is 46.5 Å². The lowest BCUT2D eigenvalue weighted by atomic mass is 10.1. The smallest absolute Gasteiger partial charge is 0.342 e. The summed E-state index contributed by atoms with van der Waals surface area (Å²) >= 11 is 0. The summed E-state index contributed by atoms with van der Waals surface area (Å²) in [5, 5.41) is 9.58. The molecule has 76 valence electrons. The lowest BCUT2D eigenvalue weighted by molar-refractivity contribution is 0.0374. The van der Waals surface area contributed by atoms with E-state index in [0.29, 0.717) is 5.56 Å². The number of carbonyl (C=O) groups is 1. The van der Waals surface area contributed by atoms with Crippen molar-refractivity contribution in [1.29, 1.82) is 0 Å². The number of rotatable bonds is 2. The van der Waals surface area contributed by atoms with Crippen LogP contribution < -0.4 is 0 Å². The first-order valence-corrected chi connectivity index (χ1v) is 4.52. The van der Waals surface area contributed by atoms with Gasteiger partial charge in [-0.15, -0.1) is 0 Å². The van der Waals surface area contributed by atoms with E-state index in [1.807, 2.05) is 0 Å². The first kappa shape index (κ1) is 10.6. The van der Waals surface area contributed by atoms with E-state index in [0.717, 1.165) is 0 Å². The number of hydrogen-bond donors (Lipinski definition) is 1. The van der Waals surface area contributed by atoms with Crippen molar-refractivity contribution < 1.29 is 14.6 Å². The van der Waals surface area contributed by atoms with Gasteiger partial charge in [0.05, 0.1) is 6.10 Å². The van der Waals surface area contributed by atoms with Crippen LogP contribution in [-0.4, -0.2) is 17.2 Å². The molecule has 0 heterocycles. The Morgan fingerprint density at radius 3 is 2.64 bits per heavy atom. The summed E-state index contributed by atoms with van der Waals surface area (Å²) in [5.41, 5.74) is 0.891. The average molecular weight is 194 g/mol. The standard InChI is InChI=1S/C11H14O3/c1-7(2)14-11(13)9-6-4-5-8(3)10(9)12/h4-7,12H,1-3H3. The van der Waals surface area contributed by atoms with Gasteiger partial charge in [0.1, 0.15) is 11.3 Å². The molecule has 0 saturated carbocycles. The van der Waals surface area contributed by atoms with Gasteiger partial charge in [-0.1, -0.05) is 12.1 Å². The highest BCUT2D eigenvalue weighted by molar-refractivity contribution is 5.92. The van der Waals surface area contributed by atoms with Crippen molar-refractivity contribution in [3.05, 3.63) is 29.3 Å². The van der Waals surface area contributed by atoms with Crippen LogP contribution in [0.25, 0.3) is 0 Å². The van der Waals surface area contributed by atoms with E-state index in [2.05, 4.69) is 0 Å². The van der Waals surface area contributed by atoms with E-state index in [1.54, 1.807) is 39.0 Å². The SMILES string of the molecule is Cc1cccc(C(=O)OC(C)C)c1O. The Balaban J connectivity index is 2.96. The van der Waals surface area contributed by atoms with Crippen molar-refractivity contribution >= 4 is 5.97 Å². The van der Waals surface area contributed by atoms with Gasteiger partial charge in [0.15, 0.2) is 0 Å². The Labute approximate surface area is 83.3 Å². The van der Waals surface area contributed by atoms with Gasteiger partial charge in [0.2, 0.25) is 0 Å². The lowest BCUT2D eigenvalue weighted by Crippen LogP contribution is -2.11. The average Bonchev–Trinajstić information content (AvgIpc) is 2.08. The molecule has 1 aromatic carbocycles. The van der Waals surface area contributed by atoms with Crippen LogP contribution in [0.15, 0.2) is 18.2 Å². The molecule has 1 aromatic rings. The third kappa shape index (κ3) is 2.25. The number of benzene rings is 1. The van der Waals surface area contributed by atoms with Crippen LogP contribution >= 0.6 is 0 Å². The molecule has 0 unspecified atom stereocenters. The van der Waals surface area contributed by atoms with Crippen LogP contribution in [0.3, 0.4) is 0 Å². The first-order valence-electron chi connectivity index (χ1n) is 4.52. The van der Waals surface area contributed by atoms with E-state index in [4.69, 9.17) is 4.74 Å². The minimum absolute atomic E-state index is 0.00171. The van der Waals surface area contributed by atoms with Crippen molar-refractivity contribution in [3.63, 3.8) is 0 Å². The number of esters is 1. The van der Waals surface area contributed by atoms with Gasteiger partial charge in [-0.3, -0.25) is 0 Å². The molecular formula is C11H14O3. The molecule has 3 heteroatoms. The summed E-state index contributed by atoms with van der Waals surface area (Å²) in [5.74, 6) is -0.487. The Hall–Kier alpha value is -1.51. The van der Waals surface area contributed by atoms with Crippen molar-refractivity contribution in [2.45, 2.75) is 26.9 Å². The number of aromatic hydroxyl groups is 1. The zero-order valence-electron chi connectivity index (χ0n) is 8.57. The van der Waals surface area contributed by atoms with Gasteiger partial charge in [0.25, 0.3) is 0 Å². The molecule has 0 radical (unpaired) electrons. The van der Waals surface area contributed by atoms with Crippen LogP contribution in [0.1, 0.15) is 29.8 Å². The van der Waals surface area contributed by atoms with Gasteiger partial charge in [-0.2, -0.15) is 0 Å². The number of carbonyl (C=O) groups excluding carboxylic acids is 1. The molecule has 0 spiro atoms. The maximum absolute atomic E-state index is 11.4. The molecular weight excluding hydrogens is 180 g/mol. The first-order chi connectivity index (χ1) is 6.52. The molecule has 1 rings (SSSR count). The Morgan fingerprint density at radius 2 is 2.07 bits per heavy atom. The Kier molecular flexibility index (Phi) is 3.12. The summed E-state index contributed by atoms with van der Waals surface area (Å²) < 4.78 is 4.97. The molecule has 0 aromatic heterocycles. The highest BCUT2D eigenvalue weighted by Crippen LogP contribution is 2.22. The van der Waals surface area contributed by atoms with Crippen LogP contribution in [-0.2, 0) is 4.74 Å². The second kappa shape index (κ2) is 4.13. The predicted octanol–water partition coefficient (Wildman–Crippen LogP) is 2.27. The molecule has 1 N–H and O–H groups in total. The van der Waals surface area contributed by atoms with Gasteiger partial charge in [-0.05, 0) is 32.4 Å². The van der Waals surface area contributed by atoms with Crippen molar-refractivity contribution in [2.75, 3.05) is 0 Å². The Bertz CT molecular complexity index is 342. The normalized spacial score (nSPS) is 10.3. The molecule has 0 aliphatic heterocycles. The predicted molar refractivity (Wildman–Crippen MR) is 53.4 cm³/mol. The van der Waals surface area contributed by atoms with Gasteiger partial charge in [0, 0.05) is 0 Å². The molecule has 14 heavy (non-hydrogen) atoms. The maximum Gasteiger partial charge on any atom is 0.342 e. The van der Waals surface area contributed by atoms with Crippen molar-refractivity contribution in [2.24, 2.45) is 0 Å². The van der Waals surface area contributed by atoms with Crippen LogP contribution in [0, 0.1) is 6.92 Å². The second-order valence-electron chi connectivity index (χ2n) is 3.43. The maximum atomic E-state index is 11.4.